The highest BCUT2D eigenvalue weighted by Gasteiger charge is 2.24. The van der Waals surface area contributed by atoms with Gasteiger partial charge in [0, 0.05) is 49.8 Å². The molecule has 1 aliphatic heterocycles. The van der Waals surface area contributed by atoms with Crippen LogP contribution in [0.2, 0.25) is 0 Å². The number of carbonyl (C=O) groups excluding carboxylic acids is 1. The molecule has 1 amide bonds. The highest BCUT2D eigenvalue weighted by molar-refractivity contribution is 5.88. The quantitative estimate of drug-likeness (QED) is 0.884. The lowest BCUT2D eigenvalue weighted by Crippen LogP contribution is -2.39. The molecule has 1 fully saturated rings. The van der Waals surface area contributed by atoms with Gasteiger partial charge in [-0.1, -0.05) is 6.07 Å². The van der Waals surface area contributed by atoms with Gasteiger partial charge in [0.15, 0.2) is 0 Å². The van der Waals surface area contributed by atoms with Crippen LogP contribution in [0.25, 0.3) is 11.3 Å². The second-order valence-corrected chi connectivity index (χ2v) is 6.30. The number of hydrogen-bond acceptors (Lipinski definition) is 5. The van der Waals surface area contributed by atoms with E-state index < -0.39 is 5.97 Å². The molecule has 0 atom stereocenters. The molecule has 0 saturated carbocycles. The summed E-state index contributed by atoms with van der Waals surface area (Å²) in [4.78, 5) is 33.6. The summed E-state index contributed by atoms with van der Waals surface area (Å²) < 4.78 is 4.91. The van der Waals surface area contributed by atoms with Gasteiger partial charge in [0.2, 0.25) is 5.91 Å². The van der Waals surface area contributed by atoms with Gasteiger partial charge in [-0.25, -0.2) is 4.79 Å². The summed E-state index contributed by atoms with van der Waals surface area (Å²) in [5.41, 5.74) is 2.48. The molecule has 1 aliphatic rings. The SMILES string of the molecule is COCC(=O)N1CCC(c2cccc(-c3cncc(C(=O)O)c3)n2)CC1. The molecule has 0 aromatic carbocycles. The molecule has 7 nitrogen and oxygen atoms in total. The third-order valence-electron chi connectivity index (χ3n) is 4.59. The number of methoxy groups -OCH3 is 1. The number of aromatic nitrogens is 2. The van der Waals surface area contributed by atoms with Gasteiger partial charge in [0.25, 0.3) is 0 Å². The zero-order valence-corrected chi connectivity index (χ0v) is 14.6. The summed E-state index contributed by atoms with van der Waals surface area (Å²) >= 11 is 0. The first-order chi connectivity index (χ1) is 12.6. The van der Waals surface area contributed by atoms with Crippen molar-refractivity contribution in [3.8, 4) is 11.3 Å². The number of carboxylic acid groups (broad SMARTS) is 1. The molecule has 2 aromatic heterocycles. The fourth-order valence-corrected chi connectivity index (χ4v) is 3.18. The van der Waals surface area contributed by atoms with Crippen LogP contribution in [0.5, 0.6) is 0 Å². The Morgan fingerprint density at radius 2 is 2.04 bits per heavy atom. The first kappa shape index (κ1) is 18.0. The molecule has 1 saturated heterocycles. The number of carboxylic acids is 1. The van der Waals surface area contributed by atoms with E-state index in [0.29, 0.717) is 24.3 Å². The Morgan fingerprint density at radius 1 is 1.27 bits per heavy atom. The maximum absolute atomic E-state index is 11.9. The summed E-state index contributed by atoms with van der Waals surface area (Å²) in [5.74, 6) is -0.718. The summed E-state index contributed by atoms with van der Waals surface area (Å²) in [7, 11) is 1.52. The van der Waals surface area contributed by atoms with Crippen molar-refractivity contribution >= 4 is 11.9 Å². The van der Waals surface area contributed by atoms with E-state index in [2.05, 4.69) is 4.98 Å². The van der Waals surface area contributed by atoms with Crippen molar-refractivity contribution in [1.82, 2.24) is 14.9 Å². The lowest BCUT2D eigenvalue weighted by Gasteiger charge is -2.31. The lowest BCUT2D eigenvalue weighted by atomic mass is 9.92. The average molecular weight is 355 g/mol. The summed E-state index contributed by atoms with van der Waals surface area (Å²) in [6, 6.07) is 7.33. The van der Waals surface area contributed by atoms with Gasteiger partial charge < -0.3 is 14.7 Å². The molecule has 26 heavy (non-hydrogen) atoms. The van der Waals surface area contributed by atoms with Crippen LogP contribution in [-0.2, 0) is 9.53 Å². The van der Waals surface area contributed by atoms with E-state index in [4.69, 9.17) is 14.8 Å². The Bertz CT molecular complexity index is 801. The van der Waals surface area contributed by atoms with Gasteiger partial charge in [-0.15, -0.1) is 0 Å². The molecule has 136 valence electrons. The third kappa shape index (κ3) is 4.05. The van der Waals surface area contributed by atoms with Crippen LogP contribution in [-0.4, -0.2) is 58.7 Å². The molecule has 0 aliphatic carbocycles. The van der Waals surface area contributed by atoms with E-state index in [1.165, 1.54) is 13.3 Å². The zero-order valence-electron chi connectivity index (χ0n) is 14.6. The molecule has 1 N–H and O–H groups in total. The highest BCUT2D eigenvalue weighted by atomic mass is 16.5. The maximum atomic E-state index is 11.9. The summed E-state index contributed by atoms with van der Waals surface area (Å²) in [5, 5.41) is 9.12. The predicted molar refractivity (Wildman–Crippen MR) is 94.9 cm³/mol. The van der Waals surface area contributed by atoms with Gasteiger partial charge in [0.1, 0.15) is 6.61 Å². The fraction of sp³-hybridized carbons (Fsp3) is 0.368. The van der Waals surface area contributed by atoms with Crippen molar-refractivity contribution in [2.75, 3.05) is 26.8 Å². The van der Waals surface area contributed by atoms with E-state index in [9.17, 15) is 9.59 Å². The minimum Gasteiger partial charge on any atom is -0.478 e. The monoisotopic (exact) mass is 355 g/mol. The smallest absolute Gasteiger partial charge is 0.337 e. The Hall–Kier alpha value is -2.80. The summed E-state index contributed by atoms with van der Waals surface area (Å²) in [6.07, 6.45) is 4.63. The molecule has 0 radical (unpaired) electrons. The number of ether oxygens (including phenoxy) is 1. The van der Waals surface area contributed by atoms with E-state index in [1.807, 2.05) is 23.1 Å². The van der Waals surface area contributed by atoms with E-state index in [-0.39, 0.29) is 24.0 Å². The number of piperidine rings is 1. The topological polar surface area (TPSA) is 92.6 Å². The number of likely N-dealkylation sites (tertiary alicyclic amines) is 1. The first-order valence-electron chi connectivity index (χ1n) is 8.51. The normalized spacial score (nSPS) is 15.0. The van der Waals surface area contributed by atoms with Gasteiger partial charge in [-0.05, 0) is 31.0 Å². The van der Waals surface area contributed by atoms with Crippen LogP contribution >= 0.6 is 0 Å². The Kier molecular flexibility index (Phi) is 5.58. The van der Waals surface area contributed by atoms with Gasteiger partial charge >= 0.3 is 5.97 Å². The second-order valence-electron chi connectivity index (χ2n) is 6.30. The number of carbonyl (C=O) groups is 2. The number of pyridine rings is 2. The molecule has 3 heterocycles. The van der Waals surface area contributed by atoms with E-state index >= 15 is 0 Å². The maximum Gasteiger partial charge on any atom is 0.337 e. The van der Waals surface area contributed by atoms with Crippen molar-refractivity contribution in [2.45, 2.75) is 18.8 Å². The fourth-order valence-electron chi connectivity index (χ4n) is 3.18. The van der Waals surface area contributed by atoms with E-state index in [0.717, 1.165) is 18.5 Å². The Balaban J connectivity index is 1.73. The molecule has 0 spiro atoms. The highest BCUT2D eigenvalue weighted by Crippen LogP contribution is 2.28. The molecular weight excluding hydrogens is 334 g/mol. The second kappa shape index (κ2) is 8.05. The average Bonchev–Trinajstić information content (AvgIpc) is 2.68. The molecule has 3 rings (SSSR count). The zero-order chi connectivity index (χ0) is 18.5. The number of nitrogens with zero attached hydrogens (tertiary/aromatic N) is 3. The van der Waals surface area contributed by atoms with Crippen molar-refractivity contribution in [3.63, 3.8) is 0 Å². The number of amides is 1. The van der Waals surface area contributed by atoms with Crippen molar-refractivity contribution < 1.29 is 19.4 Å². The number of aromatic carboxylic acids is 1. The molecule has 0 unspecified atom stereocenters. The molecule has 0 bridgehead atoms. The first-order valence-corrected chi connectivity index (χ1v) is 8.51. The van der Waals surface area contributed by atoms with Crippen LogP contribution in [0.4, 0.5) is 0 Å². The van der Waals surface area contributed by atoms with Gasteiger partial charge in [0.05, 0.1) is 11.3 Å². The van der Waals surface area contributed by atoms with Crippen LogP contribution in [0.15, 0.2) is 36.7 Å². The van der Waals surface area contributed by atoms with Crippen LogP contribution < -0.4 is 0 Å². The van der Waals surface area contributed by atoms with E-state index in [1.54, 1.807) is 12.3 Å². The number of hydrogen-bond donors (Lipinski definition) is 1. The van der Waals surface area contributed by atoms with Crippen LogP contribution in [0.1, 0.15) is 34.8 Å². The standard InChI is InChI=1S/C19H21N3O4/c1-26-12-18(23)22-7-5-13(6-8-22)16-3-2-4-17(21-16)14-9-15(19(24)25)11-20-10-14/h2-4,9-11,13H,5-8,12H2,1H3,(H,24,25). The lowest BCUT2D eigenvalue weighted by molar-refractivity contribution is -0.136. The van der Waals surface area contributed by atoms with Crippen LogP contribution in [0.3, 0.4) is 0 Å². The third-order valence-corrected chi connectivity index (χ3v) is 4.59. The molecule has 2 aromatic rings. The summed E-state index contributed by atoms with van der Waals surface area (Å²) in [6.45, 7) is 1.50. The van der Waals surface area contributed by atoms with Crippen molar-refractivity contribution in [2.24, 2.45) is 0 Å². The minimum atomic E-state index is -1.01. The predicted octanol–water partition coefficient (Wildman–Crippen LogP) is 2.19. The molecular formula is C19H21N3O4. The van der Waals surface area contributed by atoms with Gasteiger partial charge in [-0.3, -0.25) is 14.8 Å². The minimum absolute atomic E-state index is 0.0178. The number of rotatable bonds is 5. The van der Waals surface area contributed by atoms with Crippen molar-refractivity contribution in [3.05, 3.63) is 47.9 Å². The Morgan fingerprint density at radius 3 is 2.73 bits per heavy atom. The molecule has 7 heteroatoms. The Labute approximate surface area is 151 Å². The van der Waals surface area contributed by atoms with Crippen LogP contribution in [0, 0.1) is 0 Å². The van der Waals surface area contributed by atoms with Gasteiger partial charge in [-0.2, -0.15) is 0 Å². The largest absolute Gasteiger partial charge is 0.478 e. The van der Waals surface area contributed by atoms with Crippen molar-refractivity contribution in [1.29, 1.82) is 0 Å².